The van der Waals surface area contributed by atoms with E-state index in [1.165, 1.54) is 13.0 Å². The third-order valence-electron chi connectivity index (χ3n) is 8.70. The highest BCUT2D eigenvalue weighted by Gasteiger charge is 2.39. The molecule has 1 saturated carbocycles. The summed E-state index contributed by atoms with van der Waals surface area (Å²) in [4.78, 5) is 20.5. The number of para-hydroxylation sites is 1. The van der Waals surface area contributed by atoms with Gasteiger partial charge in [-0.1, -0.05) is 30.3 Å². The number of nitrogens with zero attached hydrogens (tertiary/aromatic N) is 5. The van der Waals surface area contributed by atoms with Gasteiger partial charge in [-0.15, -0.1) is 0 Å². The first-order valence-electron chi connectivity index (χ1n) is 13.6. The molecule has 0 bridgehead atoms. The fraction of sp³-hybridized carbons (Fsp3) is 0.323. The molecule has 1 aliphatic heterocycles. The van der Waals surface area contributed by atoms with Crippen LogP contribution < -0.4 is 11.3 Å². The summed E-state index contributed by atoms with van der Waals surface area (Å²) in [6, 6.07) is 21.4. The minimum atomic E-state index is -0.0540. The van der Waals surface area contributed by atoms with Gasteiger partial charge in [0.25, 0.3) is 5.56 Å². The number of benzene rings is 2. The molecule has 7 heteroatoms. The zero-order chi connectivity index (χ0) is 26.0. The zero-order valence-electron chi connectivity index (χ0n) is 21.8. The highest BCUT2D eigenvalue weighted by Crippen LogP contribution is 2.43. The maximum Gasteiger partial charge on any atom is 0.262 e. The molecule has 0 amide bonds. The summed E-state index contributed by atoms with van der Waals surface area (Å²) in [5.41, 5.74) is 9.89. The normalized spacial score (nSPS) is 23.4. The molecule has 0 unspecified atom stereocenters. The van der Waals surface area contributed by atoms with Crippen molar-refractivity contribution in [2.24, 2.45) is 5.92 Å². The van der Waals surface area contributed by atoms with Crippen LogP contribution in [0, 0.1) is 5.92 Å². The second-order valence-electron chi connectivity index (χ2n) is 11.1. The summed E-state index contributed by atoms with van der Waals surface area (Å²) in [6.07, 6.45) is 7.14. The number of pyridine rings is 2. The Morgan fingerprint density at radius 3 is 2.53 bits per heavy atom. The second-order valence-corrected chi connectivity index (χ2v) is 11.1. The minimum Gasteiger partial charge on any atom is -0.383 e. The number of hydrogen-bond acceptors (Lipinski definition) is 5. The van der Waals surface area contributed by atoms with Crippen molar-refractivity contribution in [3.8, 4) is 16.9 Å². The first-order chi connectivity index (χ1) is 18.5. The molecule has 2 aromatic carbocycles. The Morgan fingerprint density at radius 2 is 1.76 bits per heavy atom. The second kappa shape index (κ2) is 8.81. The van der Waals surface area contributed by atoms with Crippen molar-refractivity contribution in [1.29, 1.82) is 0 Å². The Hall–Kier alpha value is -3.97. The third kappa shape index (κ3) is 3.64. The lowest BCUT2D eigenvalue weighted by atomic mass is 9.78. The van der Waals surface area contributed by atoms with E-state index in [0.717, 1.165) is 46.1 Å². The van der Waals surface area contributed by atoms with Gasteiger partial charge in [0.1, 0.15) is 11.5 Å². The van der Waals surface area contributed by atoms with E-state index in [1.807, 2.05) is 66.9 Å². The molecule has 0 radical (unpaired) electrons. The standard InChI is InChI=1S/C31H32N6O/c1-19-14-20(2)36(19)18-21-15-25(16-21)37-27-10-12-33-30(32)28(27)29(34-37)23-9-8-22-11-13-35(31(38)26(22)17-23)24-6-4-3-5-7-24/h3-13,17,19-21,25H,14-16,18H2,1-2H3,(H2,32,33)/t19-,20-,21?,25?/m0/s1. The molecule has 2 atom stereocenters. The van der Waals surface area contributed by atoms with Crippen molar-refractivity contribution >= 4 is 27.5 Å². The first kappa shape index (κ1) is 23.2. The molecule has 38 heavy (non-hydrogen) atoms. The maximum absolute atomic E-state index is 13.5. The molecule has 2 N–H and O–H groups in total. The van der Waals surface area contributed by atoms with Crippen LogP contribution in [0.25, 0.3) is 38.6 Å². The number of fused-ring (bicyclic) bond motifs is 2. The van der Waals surface area contributed by atoms with Crippen molar-refractivity contribution in [2.75, 3.05) is 12.3 Å². The van der Waals surface area contributed by atoms with Crippen LogP contribution in [0.1, 0.15) is 39.2 Å². The molecular weight excluding hydrogens is 472 g/mol. The average Bonchev–Trinajstić information content (AvgIpc) is 3.29. The predicted octanol–water partition coefficient (Wildman–Crippen LogP) is 5.42. The van der Waals surface area contributed by atoms with E-state index in [1.54, 1.807) is 10.8 Å². The van der Waals surface area contributed by atoms with Crippen LogP contribution in [-0.4, -0.2) is 42.9 Å². The van der Waals surface area contributed by atoms with Crippen LogP contribution in [-0.2, 0) is 0 Å². The Balaban J connectivity index is 1.26. The fourth-order valence-electron chi connectivity index (χ4n) is 6.54. The van der Waals surface area contributed by atoms with Gasteiger partial charge in [0, 0.05) is 47.7 Å². The molecule has 7 rings (SSSR count). The van der Waals surface area contributed by atoms with Crippen molar-refractivity contribution in [3.05, 3.63) is 83.4 Å². The highest BCUT2D eigenvalue weighted by molar-refractivity contribution is 6.01. The van der Waals surface area contributed by atoms with Gasteiger partial charge >= 0.3 is 0 Å². The van der Waals surface area contributed by atoms with E-state index in [-0.39, 0.29) is 5.56 Å². The van der Waals surface area contributed by atoms with Crippen LogP contribution in [0.4, 0.5) is 5.82 Å². The SMILES string of the molecule is C[C@H]1C[C@H](C)N1CC1CC(n2nc(-c3ccc4ccn(-c5ccccc5)c(=O)c4c3)c3c(N)nccc32)C1. The number of rotatable bonds is 5. The van der Waals surface area contributed by atoms with Crippen LogP contribution in [0.15, 0.2) is 77.9 Å². The highest BCUT2D eigenvalue weighted by atomic mass is 16.1. The summed E-state index contributed by atoms with van der Waals surface area (Å²) in [7, 11) is 0. The largest absolute Gasteiger partial charge is 0.383 e. The maximum atomic E-state index is 13.5. The number of nitrogens with two attached hydrogens (primary N) is 1. The molecule has 7 nitrogen and oxygen atoms in total. The first-order valence-corrected chi connectivity index (χ1v) is 13.6. The number of nitrogen functional groups attached to an aromatic ring is 1. The summed E-state index contributed by atoms with van der Waals surface area (Å²) in [5, 5.41) is 7.53. The molecule has 5 aromatic rings. The van der Waals surface area contributed by atoms with E-state index >= 15 is 0 Å². The lowest BCUT2D eigenvalue weighted by Gasteiger charge is -2.49. The Morgan fingerprint density at radius 1 is 0.974 bits per heavy atom. The summed E-state index contributed by atoms with van der Waals surface area (Å²) in [6.45, 7) is 5.84. The van der Waals surface area contributed by atoms with E-state index in [2.05, 4.69) is 28.4 Å². The average molecular weight is 505 g/mol. The van der Waals surface area contributed by atoms with E-state index < -0.39 is 0 Å². The van der Waals surface area contributed by atoms with Gasteiger partial charge in [-0.2, -0.15) is 5.10 Å². The minimum absolute atomic E-state index is 0.0540. The predicted molar refractivity (Wildman–Crippen MR) is 152 cm³/mol. The number of aromatic nitrogens is 4. The number of likely N-dealkylation sites (tertiary alicyclic amines) is 1. The van der Waals surface area contributed by atoms with Gasteiger partial charge in [-0.3, -0.25) is 18.9 Å². The third-order valence-corrected chi connectivity index (χ3v) is 8.70. The number of anilines is 1. The lowest BCUT2D eigenvalue weighted by molar-refractivity contribution is -0.00122. The Labute approximate surface area is 221 Å². The summed E-state index contributed by atoms with van der Waals surface area (Å²) >= 11 is 0. The molecule has 2 aliphatic rings. The summed E-state index contributed by atoms with van der Waals surface area (Å²) < 4.78 is 3.84. The van der Waals surface area contributed by atoms with Crippen molar-refractivity contribution in [2.45, 2.75) is 51.2 Å². The van der Waals surface area contributed by atoms with Crippen LogP contribution in [0.5, 0.6) is 0 Å². The molecule has 1 aliphatic carbocycles. The van der Waals surface area contributed by atoms with Gasteiger partial charge in [0.05, 0.1) is 16.9 Å². The smallest absolute Gasteiger partial charge is 0.262 e. The van der Waals surface area contributed by atoms with Gasteiger partial charge in [-0.05, 0) is 74.7 Å². The zero-order valence-corrected chi connectivity index (χ0v) is 21.8. The van der Waals surface area contributed by atoms with Crippen LogP contribution in [0.3, 0.4) is 0 Å². The van der Waals surface area contributed by atoms with Crippen LogP contribution >= 0.6 is 0 Å². The Kier molecular flexibility index (Phi) is 5.37. The molecule has 4 heterocycles. The quantitative estimate of drug-likeness (QED) is 0.346. The van der Waals surface area contributed by atoms with Gasteiger partial charge in [-0.25, -0.2) is 4.98 Å². The van der Waals surface area contributed by atoms with Crippen molar-refractivity contribution < 1.29 is 0 Å². The van der Waals surface area contributed by atoms with Crippen molar-refractivity contribution in [3.63, 3.8) is 0 Å². The van der Waals surface area contributed by atoms with Gasteiger partial charge < -0.3 is 5.73 Å². The summed E-state index contributed by atoms with van der Waals surface area (Å²) in [5.74, 6) is 1.17. The molecule has 1 saturated heterocycles. The lowest BCUT2D eigenvalue weighted by Crippen LogP contribution is -2.55. The molecule has 192 valence electrons. The van der Waals surface area contributed by atoms with Gasteiger partial charge in [0.15, 0.2) is 0 Å². The number of hydrogen-bond donors (Lipinski definition) is 1. The molecule has 3 aromatic heterocycles. The molecule has 2 fully saturated rings. The van der Waals surface area contributed by atoms with E-state index in [0.29, 0.717) is 35.2 Å². The topological polar surface area (TPSA) is 82.0 Å². The fourth-order valence-corrected chi connectivity index (χ4v) is 6.54. The van der Waals surface area contributed by atoms with E-state index in [4.69, 9.17) is 10.8 Å². The Bertz CT molecular complexity index is 1710. The van der Waals surface area contributed by atoms with Gasteiger partial charge in [0.2, 0.25) is 0 Å². The van der Waals surface area contributed by atoms with E-state index in [9.17, 15) is 4.79 Å². The molecular formula is C31H32N6O. The monoisotopic (exact) mass is 504 g/mol. The van der Waals surface area contributed by atoms with Crippen LogP contribution in [0.2, 0.25) is 0 Å². The van der Waals surface area contributed by atoms with Crippen molar-refractivity contribution in [1.82, 2.24) is 24.2 Å². The molecule has 0 spiro atoms.